The summed E-state index contributed by atoms with van der Waals surface area (Å²) in [7, 11) is 0. The van der Waals surface area contributed by atoms with Crippen molar-refractivity contribution in [3.8, 4) is 23.0 Å². The molecule has 1 saturated heterocycles. The van der Waals surface area contributed by atoms with E-state index in [-0.39, 0.29) is 17.9 Å². The van der Waals surface area contributed by atoms with Crippen LogP contribution in [0, 0.1) is 13.8 Å². The van der Waals surface area contributed by atoms with E-state index in [1.165, 1.54) is 16.2 Å². The minimum atomic E-state index is -0.997. The maximum absolute atomic E-state index is 13.8. The van der Waals surface area contributed by atoms with Crippen LogP contribution in [-0.2, 0) is 9.59 Å². The van der Waals surface area contributed by atoms with Gasteiger partial charge in [0.15, 0.2) is 28.1 Å². The monoisotopic (exact) mass is 598 g/mol. The largest absolute Gasteiger partial charge is 0.507 e. The fourth-order valence-electron chi connectivity index (χ4n) is 5.38. The molecule has 43 heavy (non-hydrogen) atoms. The van der Waals surface area contributed by atoms with Gasteiger partial charge in [-0.1, -0.05) is 36.1 Å². The van der Waals surface area contributed by atoms with Gasteiger partial charge in [-0.2, -0.15) is 0 Å². The Morgan fingerprint density at radius 2 is 1.86 bits per heavy atom. The quantitative estimate of drug-likeness (QED) is 0.109. The van der Waals surface area contributed by atoms with Gasteiger partial charge in [0.05, 0.1) is 28.4 Å². The Balaban J connectivity index is 1.55. The summed E-state index contributed by atoms with van der Waals surface area (Å²) >= 11 is 1.32. The van der Waals surface area contributed by atoms with E-state index in [0.717, 1.165) is 21.3 Å². The Morgan fingerprint density at radius 3 is 2.63 bits per heavy atom. The molecule has 0 unspecified atom stereocenters. The Morgan fingerprint density at radius 1 is 1.07 bits per heavy atom. The van der Waals surface area contributed by atoms with Gasteiger partial charge < -0.3 is 24.1 Å². The number of aromatic nitrogens is 1. The van der Waals surface area contributed by atoms with Crippen LogP contribution in [0.15, 0.2) is 66.8 Å². The standard InChI is InChI=1S/C33H30N2O7S/c1-5-11-40-22-9-7-20(16-24(22)39-6-2)29-27(30(36)21-8-10-23-25(17-21)42-13-12-41-23)31(37)32(38)35(29)33-34-28-19(4)14-18(3)15-26(28)43-33/h5,7-10,14-17,29,36H,1,6,11-13H2,2-4H3/t29-/m0/s1. The van der Waals surface area contributed by atoms with E-state index in [9.17, 15) is 14.7 Å². The summed E-state index contributed by atoms with van der Waals surface area (Å²) < 4.78 is 23.9. The molecule has 1 amide bonds. The molecule has 9 nitrogen and oxygen atoms in total. The SMILES string of the molecule is C=CCOc1ccc([C@H]2C(=C(O)c3ccc4c(c3)OCCO4)C(=O)C(=O)N2c2nc3c(C)cc(C)cc3s2)cc1OCC. The number of anilines is 1. The highest BCUT2D eigenvalue weighted by molar-refractivity contribution is 7.22. The van der Waals surface area contributed by atoms with Crippen LogP contribution >= 0.6 is 11.3 Å². The van der Waals surface area contributed by atoms with Gasteiger partial charge in [-0.15, -0.1) is 0 Å². The highest BCUT2D eigenvalue weighted by atomic mass is 32.1. The average Bonchev–Trinajstić information content (AvgIpc) is 3.54. The summed E-state index contributed by atoms with van der Waals surface area (Å²) in [5, 5.41) is 12.0. The number of nitrogens with zero attached hydrogens (tertiary/aromatic N) is 2. The van der Waals surface area contributed by atoms with Gasteiger partial charge in [-0.05, 0) is 73.9 Å². The molecule has 2 aliphatic rings. The van der Waals surface area contributed by atoms with Crippen molar-refractivity contribution in [1.29, 1.82) is 0 Å². The molecular formula is C33H30N2O7S. The molecule has 3 aromatic carbocycles. The maximum Gasteiger partial charge on any atom is 0.301 e. The minimum Gasteiger partial charge on any atom is -0.507 e. The molecule has 220 valence electrons. The smallest absolute Gasteiger partial charge is 0.301 e. The third kappa shape index (κ3) is 5.08. The number of ketones is 1. The van der Waals surface area contributed by atoms with Gasteiger partial charge in [0.1, 0.15) is 25.6 Å². The number of aliphatic hydroxyl groups is 1. The number of hydrogen-bond donors (Lipinski definition) is 1. The number of Topliss-reactive ketones (excluding diaryl/α,β-unsaturated/α-hetero) is 1. The molecule has 4 aromatic rings. The van der Waals surface area contributed by atoms with E-state index in [4.69, 9.17) is 23.9 Å². The third-order valence-electron chi connectivity index (χ3n) is 7.22. The van der Waals surface area contributed by atoms with Crippen molar-refractivity contribution < 1.29 is 33.6 Å². The van der Waals surface area contributed by atoms with Crippen molar-refractivity contribution in [1.82, 2.24) is 4.98 Å². The first-order valence-electron chi connectivity index (χ1n) is 13.9. The fourth-order valence-corrected chi connectivity index (χ4v) is 6.55. The van der Waals surface area contributed by atoms with E-state index >= 15 is 0 Å². The van der Waals surface area contributed by atoms with Crippen LogP contribution in [0.4, 0.5) is 5.13 Å². The van der Waals surface area contributed by atoms with Crippen LogP contribution in [-0.4, -0.2) is 48.2 Å². The predicted molar refractivity (Wildman–Crippen MR) is 165 cm³/mol. The number of thiazole rings is 1. The lowest BCUT2D eigenvalue weighted by Gasteiger charge is -2.24. The normalized spacial score (nSPS) is 17.4. The van der Waals surface area contributed by atoms with E-state index in [0.29, 0.717) is 59.1 Å². The summed E-state index contributed by atoms with van der Waals surface area (Å²) in [4.78, 5) is 33.7. The second kappa shape index (κ2) is 11.4. The molecule has 0 spiro atoms. The Bertz CT molecular complexity index is 1810. The first-order valence-corrected chi connectivity index (χ1v) is 14.7. The Kier molecular flexibility index (Phi) is 7.53. The van der Waals surface area contributed by atoms with Crippen molar-refractivity contribution in [2.45, 2.75) is 26.8 Å². The second-order valence-electron chi connectivity index (χ2n) is 10.2. The number of benzene rings is 3. The lowest BCUT2D eigenvalue weighted by atomic mass is 9.95. The van der Waals surface area contributed by atoms with Crippen LogP contribution in [0.5, 0.6) is 23.0 Å². The zero-order valence-electron chi connectivity index (χ0n) is 24.0. The van der Waals surface area contributed by atoms with Crippen LogP contribution in [0.1, 0.15) is 35.2 Å². The number of carbonyl (C=O) groups is 2. The first-order chi connectivity index (χ1) is 20.8. The van der Waals surface area contributed by atoms with Gasteiger partial charge >= 0.3 is 5.91 Å². The van der Waals surface area contributed by atoms with Crippen LogP contribution in [0.3, 0.4) is 0 Å². The number of fused-ring (bicyclic) bond motifs is 2. The molecule has 0 saturated carbocycles. The van der Waals surface area contributed by atoms with Gasteiger partial charge in [0.2, 0.25) is 0 Å². The molecule has 0 bridgehead atoms. The van der Waals surface area contributed by atoms with Crippen molar-refractivity contribution in [2.24, 2.45) is 0 Å². The van der Waals surface area contributed by atoms with Crippen LogP contribution in [0.2, 0.25) is 0 Å². The summed E-state index contributed by atoms with van der Waals surface area (Å²) in [6, 6.07) is 13.1. The number of aliphatic hydroxyl groups excluding tert-OH is 1. The molecule has 1 atom stereocenters. The van der Waals surface area contributed by atoms with Crippen LogP contribution < -0.4 is 23.8 Å². The summed E-state index contributed by atoms with van der Waals surface area (Å²) in [5.74, 6) is -0.0439. The number of aryl methyl sites for hydroxylation is 2. The average molecular weight is 599 g/mol. The zero-order valence-corrected chi connectivity index (χ0v) is 24.8. The number of ether oxygens (including phenoxy) is 4. The number of amides is 1. The van der Waals surface area contributed by atoms with Gasteiger partial charge in [0, 0.05) is 5.56 Å². The first kappa shape index (κ1) is 28.3. The molecule has 1 N–H and O–H groups in total. The third-order valence-corrected chi connectivity index (χ3v) is 8.23. The van der Waals surface area contributed by atoms with Crippen molar-refractivity contribution in [3.05, 3.63) is 89.0 Å². The highest BCUT2D eigenvalue weighted by Crippen LogP contribution is 2.47. The van der Waals surface area contributed by atoms with Crippen molar-refractivity contribution >= 4 is 44.1 Å². The molecule has 0 radical (unpaired) electrons. The fraction of sp³-hybridized carbons (Fsp3) is 0.242. The van der Waals surface area contributed by atoms with Gasteiger partial charge in [-0.3, -0.25) is 14.5 Å². The zero-order chi connectivity index (χ0) is 30.2. The molecule has 0 aliphatic carbocycles. The van der Waals surface area contributed by atoms with Gasteiger partial charge in [0.25, 0.3) is 5.78 Å². The van der Waals surface area contributed by atoms with Crippen LogP contribution in [0.25, 0.3) is 16.0 Å². The minimum absolute atomic E-state index is 0.0731. The molecule has 3 heterocycles. The van der Waals surface area contributed by atoms with E-state index in [1.807, 2.05) is 32.9 Å². The Hall–Kier alpha value is -4.83. The lowest BCUT2D eigenvalue weighted by Crippen LogP contribution is -2.29. The second-order valence-corrected chi connectivity index (χ2v) is 11.2. The molecule has 1 aromatic heterocycles. The maximum atomic E-state index is 13.8. The summed E-state index contributed by atoms with van der Waals surface area (Å²) in [6.07, 6.45) is 1.63. The molecule has 1 fully saturated rings. The van der Waals surface area contributed by atoms with E-state index < -0.39 is 17.7 Å². The molecular weight excluding hydrogens is 568 g/mol. The Labute approximate surface area is 252 Å². The molecule has 10 heteroatoms. The topological polar surface area (TPSA) is 107 Å². The molecule has 2 aliphatic heterocycles. The summed E-state index contributed by atoms with van der Waals surface area (Å²) in [6.45, 7) is 10.9. The summed E-state index contributed by atoms with van der Waals surface area (Å²) in [5.41, 5.74) is 3.56. The van der Waals surface area contributed by atoms with Crippen molar-refractivity contribution in [2.75, 3.05) is 31.3 Å². The highest BCUT2D eigenvalue weighted by Gasteiger charge is 2.48. The number of carbonyl (C=O) groups excluding carboxylic acids is 2. The van der Waals surface area contributed by atoms with E-state index in [2.05, 4.69) is 6.58 Å². The van der Waals surface area contributed by atoms with Crippen molar-refractivity contribution in [3.63, 3.8) is 0 Å². The van der Waals surface area contributed by atoms with E-state index in [1.54, 1.807) is 42.5 Å². The molecule has 6 rings (SSSR count). The number of hydrogen-bond acceptors (Lipinski definition) is 9. The van der Waals surface area contributed by atoms with Gasteiger partial charge in [-0.25, -0.2) is 4.98 Å². The number of rotatable bonds is 8. The lowest BCUT2D eigenvalue weighted by molar-refractivity contribution is -0.132. The predicted octanol–water partition coefficient (Wildman–Crippen LogP) is 6.27.